The van der Waals surface area contributed by atoms with Crippen LogP contribution in [0.4, 0.5) is 0 Å². The Kier molecular flexibility index (Phi) is 3.64. The van der Waals surface area contributed by atoms with Gasteiger partial charge in [0.15, 0.2) is 0 Å². The van der Waals surface area contributed by atoms with Crippen LogP contribution in [0.2, 0.25) is 0 Å². The minimum Gasteiger partial charge on any atom is -0.273 e. The molecule has 1 amide bonds. The summed E-state index contributed by atoms with van der Waals surface area (Å²) in [6.07, 6.45) is -0.481. The lowest BCUT2D eigenvalue weighted by Gasteiger charge is -2.04. The summed E-state index contributed by atoms with van der Waals surface area (Å²) in [5.74, 6) is -0.830. The number of carbonyl (C=O) groups excluding carboxylic acids is 1. The molecule has 0 fully saturated rings. The molecule has 1 aromatic rings. The van der Waals surface area contributed by atoms with Crippen LogP contribution in [0, 0.1) is 18.3 Å². The number of hydrogen-bond donors (Lipinski definition) is 1. The molecule has 0 aliphatic rings. The molecule has 1 aromatic carbocycles. The summed E-state index contributed by atoms with van der Waals surface area (Å²) in [6.45, 7) is 1.82. The molecule has 0 spiro atoms. The van der Waals surface area contributed by atoms with Gasteiger partial charge in [0, 0.05) is 0 Å². The molecule has 16 heavy (non-hydrogen) atoms. The maximum Gasteiger partial charge on any atom is 0.264 e. The summed E-state index contributed by atoms with van der Waals surface area (Å²) in [7, 11) is -3.85. The van der Waals surface area contributed by atoms with Crippen LogP contribution in [0.25, 0.3) is 0 Å². The maximum absolute atomic E-state index is 11.6. The molecule has 0 unspecified atom stereocenters. The van der Waals surface area contributed by atoms with Gasteiger partial charge in [0.25, 0.3) is 10.0 Å². The van der Waals surface area contributed by atoms with E-state index in [1.54, 1.807) is 22.9 Å². The SMILES string of the molecule is Cc1ccc(S(=O)(=O)NC(=O)CC#N)cc1. The standard InChI is InChI=1S/C10H10N2O3S/c1-8-2-4-9(5-3-8)16(14,15)12-10(13)6-7-11/h2-5H,6H2,1H3,(H,12,13). The number of carbonyl (C=O) groups is 1. The monoisotopic (exact) mass is 238 g/mol. The van der Waals surface area contributed by atoms with Crippen molar-refractivity contribution in [2.45, 2.75) is 18.2 Å². The van der Waals surface area contributed by atoms with E-state index in [2.05, 4.69) is 0 Å². The smallest absolute Gasteiger partial charge is 0.264 e. The average molecular weight is 238 g/mol. The van der Waals surface area contributed by atoms with Crippen molar-refractivity contribution in [2.75, 3.05) is 0 Å². The fourth-order valence-corrected chi connectivity index (χ4v) is 2.02. The van der Waals surface area contributed by atoms with Gasteiger partial charge in [-0.3, -0.25) is 4.79 Å². The van der Waals surface area contributed by atoms with Gasteiger partial charge in [-0.1, -0.05) is 17.7 Å². The molecule has 84 valence electrons. The van der Waals surface area contributed by atoms with E-state index in [1.165, 1.54) is 12.1 Å². The van der Waals surface area contributed by atoms with Gasteiger partial charge in [0.1, 0.15) is 6.42 Å². The van der Waals surface area contributed by atoms with Crippen LogP contribution in [0.5, 0.6) is 0 Å². The zero-order valence-corrected chi connectivity index (χ0v) is 9.41. The Morgan fingerprint density at radius 3 is 2.44 bits per heavy atom. The first-order valence-corrected chi connectivity index (χ1v) is 5.93. The van der Waals surface area contributed by atoms with Crippen LogP contribution in [0.3, 0.4) is 0 Å². The molecule has 0 heterocycles. The van der Waals surface area contributed by atoms with Gasteiger partial charge >= 0.3 is 0 Å². The van der Waals surface area contributed by atoms with Gasteiger partial charge in [0.05, 0.1) is 11.0 Å². The molecule has 6 heteroatoms. The number of amides is 1. The van der Waals surface area contributed by atoms with Gasteiger partial charge in [-0.15, -0.1) is 0 Å². The topological polar surface area (TPSA) is 87.0 Å². The first kappa shape index (κ1) is 12.2. The molecule has 0 aromatic heterocycles. The Hall–Kier alpha value is -1.87. The highest BCUT2D eigenvalue weighted by molar-refractivity contribution is 7.90. The van der Waals surface area contributed by atoms with Crippen molar-refractivity contribution in [2.24, 2.45) is 0 Å². The van der Waals surface area contributed by atoms with Gasteiger partial charge in [-0.25, -0.2) is 13.1 Å². The van der Waals surface area contributed by atoms with Crippen LogP contribution in [-0.2, 0) is 14.8 Å². The summed E-state index contributed by atoms with van der Waals surface area (Å²) >= 11 is 0. The normalized spacial score (nSPS) is 10.5. The van der Waals surface area contributed by atoms with Gasteiger partial charge < -0.3 is 0 Å². The van der Waals surface area contributed by atoms with Crippen molar-refractivity contribution in [3.8, 4) is 6.07 Å². The second-order valence-electron chi connectivity index (χ2n) is 3.18. The Balaban J connectivity index is 2.91. The highest BCUT2D eigenvalue weighted by atomic mass is 32.2. The Bertz CT molecular complexity index is 526. The average Bonchev–Trinajstić information content (AvgIpc) is 2.17. The quantitative estimate of drug-likeness (QED) is 0.840. The summed E-state index contributed by atoms with van der Waals surface area (Å²) in [4.78, 5) is 11.0. The fraction of sp³-hybridized carbons (Fsp3) is 0.200. The first-order valence-electron chi connectivity index (χ1n) is 4.45. The molecule has 1 rings (SSSR count). The highest BCUT2D eigenvalue weighted by Gasteiger charge is 2.16. The van der Waals surface area contributed by atoms with E-state index < -0.39 is 22.4 Å². The molecule has 1 N–H and O–H groups in total. The molecule has 0 radical (unpaired) electrons. The third kappa shape index (κ3) is 3.07. The highest BCUT2D eigenvalue weighted by Crippen LogP contribution is 2.09. The van der Waals surface area contributed by atoms with Crippen molar-refractivity contribution >= 4 is 15.9 Å². The van der Waals surface area contributed by atoms with E-state index in [1.807, 2.05) is 6.92 Å². The van der Waals surface area contributed by atoms with E-state index in [4.69, 9.17) is 5.26 Å². The number of rotatable bonds is 3. The van der Waals surface area contributed by atoms with E-state index >= 15 is 0 Å². The second-order valence-corrected chi connectivity index (χ2v) is 4.86. The zero-order valence-electron chi connectivity index (χ0n) is 8.60. The molecule has 0 atom stereocenters. The largest absolute Gasteiger partial charge is 0.273 e. The zero-order chi connectivity index (χ0) is 12.2. The van der Waals surface area contributed by atoms with Crippen molar-refractivity contribution in [3.05, 3.63) is 29.8 Å². The Morgan fingerprint density at radius 2 is 1.94 bits per heavy atom. The lowest BCUT2D eigenvalue weighted by molar-refractivity contribution is -0.118. The second kappa shape index (κ2) is 4.77. The lowest BCUT2D eigenvalue weighted by Crippen LogP contribution is -2.30. The van der Waals surface area contributed by atoms with Crippen LogP contribution in [0.1, 0.15) is 12.0 Å². The molecule has 0 saturated heterocycles. The summed E-state index contributed by atoms with van der Waals surface area (Å²) in [6, 6.07) is 7.63. The first-order chi connectivity index (χ1) is 7.45. The van der Waals surface area contributed by atoms with Crippen LogP contribution in [0.15, 0.2) is 29.2 Å². The lowest BCUT2D eigenvalue weighted by atomic mass is 10.2. The van der Waals surface area contributed by atoms with E-state index in [-0.39, 0.29) is 4.90 Å². The predicted octanol–water partition coefficient (Wildman–Crippen LogP) is 0.714. The minimum absolute atomic E-state index is 0.00406. The van der Waals surface area contributed by atoms with Crippen LogP contribution >= 0.6 is 0 Å². The van der Waals surface area contributed by atoms with Crippen molar-refractivity contribution in [3.63, 3.8) is 0 Å². The van der Waals surface area contributed by atoms with Crippen LogP contribution in [-0.4, -0.2) is 14.3 Å². The summed E-state index contributed by atoms with van der Waals surface area (Å²) in [5, 5.41) is 8.23. The third-order valence-electron chi connectivity index (χ3n) is 1.82. The Labute approximate surface area is 93.8 Å². The van der Waals surface area contributed by atoms with E-state index in [9.17, 15) is 13.2 Å². The number of nitrogens with zero attached hydrogens (tertiary/aromatic N) is 1. The summed E-state index contributed by atoms with van der Waals surface area (Å²) < 4.78 is 25.0. The van der Waals surface area contributed by atoms with Gasteiger partial charge in [-0.2, -0.15) is 5.26 Å². The predicted molar refractivity (Wildman–Crippen MR) is 56.7 cm³/mol. The maximum atomic E-state index is 11.6. The van der Waals surface area contributed by atoms with E-state index in [0.29, 0.717) is 0 Å². The number of nitrogens with one attached hydrogen (secondary N) is 1. The van der Waals surface area contributed by atoms with E-state index in [0.717, 1.165) is 5.56 Å². The number of aryl methyl sites for hydroxylation is 1. The minimum atomic E-state index is -3.85. The molecule has 5 nitrogen and oxygen atoms in total. The van der Waals surface area contributed by atoms with Crippen molar-refractivity contribution < 1.29 is 13.2 Å². The Morgan fingerprint density at radius 1 is 1.38 bits per heavy atom. The summed E-state index contributed by atoms with van der Waals surface area (Å²) in [5.41, 5.74) is 0.919. The van der Waals surface area contributed by atoms with Gasteiger partial charge in [0.2, 0.25) is 5.91 Å². The number of sulfonamides is 1. The number of benzene rings is 1. The fourth-order valence-electron chi connectivity index (χ4n) is 1.03. The molecular weight excluding hydrogens is 228 g/mol. The molecule has 0 aliphatic heterocycles. The number of hydrogen-bond acceptors (Lipinski definition) is 4. The molecular formula is C10H10N2O3S. The third-order valence-corrected chi connectivity index (χ3v) is 3.21. The molecule has 0 aliphatic carbocycles. The molecule has 0 bridgehead atoms. The van der Waals surface area contributed by atoms with Crippen molar-refractivity contribution in [1.29, 1.82) is 5.26 Å². The van der Waals surface area contributed by atoms with Crippen molar-refractivity contribution in [1.82, 2.24) is 4.72 Å². The number of nitriles is 1. The van der Waals surface area contributed by atoms with Crippen LogP contribution < -0.4 is 4.72 Å². The van der Waals surface area contributed by atoms with Gasteiger partial charge in [-0.05, 0) is 19.1 Å². The molecule has 0 saturated carbocycles.